The summed E-state index contributed by atoms with van der Waals surface area (Å²) in [6.45, 7) is 0. The van der Waals surface area contributed by atoms with E-state index >= 15 is 0 Å². The van der Waals surface area contributed by atoms with Crippen molar-refractivity contribution in [1.29, 1.82) is 0 Å². The fourth-order valence-electron chi connectivity index (χ4n) is 1.61. The average molecular weight is 317 g/mol. The molecule has 0 aliphatic rings. The maximum Gasteiger partial charge on any atom is 0.250 e. The van der Waals surface area contributed by atoms with Crippen LogP contribution in [-0.2, 0) is 4.79 Å². The first kappa shape index (κ1) is 15.2. The van der Waals surface area contributed by atoms with Crippen molar-refractivity contribution < 1.29 is 4.79 Å². The van der Waals surface area contributed by atoms with E-state index in [1.807, 2.05) is 42.5 Å². The Morgan fingerprint density at radius 3 is 2.43 bits per heavy atom. The third-order valence-corrected chi connectivity index (χ3v) is 3.12. The molecule has 0 fully saturated rings. The molecular weight excluding hydrogens is 304 g/mol. The average Bonchev–Trinajstić information content (AvgIpc) is 2.48. The molecule has 0 atom stereocenters. The molecule has 2 aromatic rings. The molecule has 0 aliphatic heterocycles. The van der Waals surface area contributed by atoms with Crippen LogP contribution >= 0.6 is 23.8 Å². The van der Waals surface area contributed by atoms with Crippen molar-refractivity contribution in [3.8, 4) is 0 Å². The summed E-state index contributed by atoms with van der Waals surface area (Å²) in [5, 5.41) is 6.17. The Morgan fingerprint density at radius 1 is 1.05 bits per heavy atom. The number of anilines is 1. The molecule has 0 spiro atoms. The Labute approximate surface area is 133 Å². The third kappa shape index (κ3) is 5.02. The number of halogens is 1. The first-order valence-corrected chi connectivity index (χ1v) is 7.03. The molecular formula is C16H13ClN2OS. The molecule has 0 aliphatic carbocycles. The van der Waals surface area contributed by atoms with Crippen LogP contribution in [0.1, 0.15) is 5.56 Å². The first-order chi connectivity index (χ1) is 10.1. The van der Waals surface area contributed by atoms with Gasteiger partial charge in [-0.3, -0.25) is 10.1 Å². The van der Waals surface area contributed by atoms with Gasteiger partial charge in [0.15, 0.2) is 5.11 Å². The Bertz CT molecular complexity index is 671. The molecule has 2 aromatic carbocycles. The Balaban J connectivity index is 1.90. The van der Waals surface area contributed by atoms with Crippen LogP contribution in [0.25, 0.3) is 6.08 Å². The molecule has 3 nitrogen and oxygen atoms in total. The van der Waals surface area contributed by atoms with Crippen LogP contribution in [0.3, 0.4) is 0 Å². The lowest BCUT2D eigenvalue weighted by Crippen LogP contribution is -2.32. The summed E-state index contributed by atoms with van der Waals surface area (Å²) in [5.41, 5.74) is 1.59. The van der Waals surface area contributed by atoms with E-state index in [0.717, 1.165) is 5.56 Å². The van der Waals surface area contributed by atoms with Gasteiger partial charge in [-0.15, -0.1) is 0 Å². The number of carbonyl (C=O) groups excluding carboxylic acids is 1. The maximum atomic E-state index is 11.7. The number of hydrogen-bond acceptors (Lipinski definition) is 2. The minimum absolute atomic E-state index is 0.200. The highest BCUT2D eigenvalue weighted by molar-refractivity contribution is 7.80. The molecule has 2 rings (SSSR count). The standard InChI is InChI=1S/C16H13ClN2OS/c17-13-8-4-5-9-14(13)18-16(21)19-15(20)11-10-12-6-2-1-3-7-12/h1-11H,(H2,18,19,20,21). The predicted molar refractivity (Wildman–Crippen MR) is 91.3 cm³/mol. The van der Waals surface area contributed by atoms with Gasteiger partial charge in [0.1, 0.15) is 0 Å². The van der Waals surface area contributed by atoms with E-state index in [1.54, 1.807) is 18.2 Å². The smallest absolute Gasteiger partial charge is 0.250 e. The molecule has 0 radical (unpaired) electrons. The number of thiocarbonyl (C=S) groups is 1. The molecule has 106 valence electrons. The first-order valence-electron chi connectivity index (χ1n) is 6.25. The zero-order valence-electron chi connectivity index (χ0n) is 11.0. The Hall–Kier alpha value is -2.17. The number of amides is 1. The summed E-state index contributed by atoms with van der Waals surface area (Å²) in [7, 11) is 0. The largest absolute Gasteiger partial charge is 0.331 e. The third-order valence-electron chi connectivity index (χ3n) is 2.59. The number of carbonyl (C=O) groups is 1. The second-order valence-corrected chi connectivity index (χ2v) is 4.98. The van der Waals surface area contributed by atoms with Gasteiger partial charge in [-0.1, -0.05) is 54.1 Å². The van der Waals surface area contributed by atoms with Gasteiger partial charge in [0.2, 0.25) is 5.91 Å². The van der Waals surface area contributed by atoms with E-state index in [-0.39, 0.29) is 11.0 Å². The molecule has 2 N–H and O–H groups in total. The van der Waals surface area contributed by atoms with E-state index < -0.39 is 0 Å². The van der Waals surface area contributed by atoms with Crippen LogP contribution < -0.4 is 10.6 Å². The molecule has 5 heteroatoms. The van der Waals surface area contributed by atoms with Gasteiger partial charge in [-0.2, -0.15) is 0 Å². The zero-order valence-corrected chi connectivity index (χ0v) is 12.6. The summed E-state index contributed by atoms with van der Waals surface area (Å²) in [6, 6.07) is 16.7. The second kappa shape index (κ2) is 7.57. The van der Waals surface area contributed by atoms with Crippen LogP contribution in [0.2, 0.25) is 5.02 Å². The number of rotatable bonds is 3. The minimum Gasteiger partial charge on any atom is -0.331 e. The zero-order chi connectivity index (χ0) is 15.1. The minimum atomic E-state index is -0.302. The molecule has 0 saturated heterocycles. The molecule has 0 bridgehead atoms. The SMILES string of the molecule is O=C(C=Cc1ccccc1)NC(=S)Nc1ccccc1Cl. The van der Waals surface area contributed by atoms with Crippen molar-refractivity contribution in [2.75, 3.05) is 5.32 Å². The highest BCUT2D eigenvalue weighted by Gasteiger charge is 2.03. The molecule has 1 amide bonds. The quantitative estimate of drug-likeness (QED) is 0.667. The van der Waals surface area contributed by atoms with Gasteiger partial charge in [0, 0.05) is 6.08 Å². The fraction of sp³-hybridized carbons (Fsp3) is 0. The maximum absolute atomic E-state index is 11.7. The van der Waals surface area contributed by atoms with E-state index in [4.69, 9.17) is 23.8 Å². The highest BCUT2D eigenvalue weighted by Crippen LogP contribution is 2.20. The normalized spacial score (nSPS) is 10.3. The topological polar surface area (TPSA) is 41.1 Å². The van der Waals surface area contributed by atoms with E-state index in [1.165, 1.54) is 6.08 Å². The van der Waals surface area contributed by atoms with E-state index in [2.05, 4.69) is 10.6 Å². The van der Waals surface area contributed by atoms with Crippen LogP contribution in [0.5, 0.6) is 0 Å². The van der Waals surface area contributed by atoms with Crippen LogP contribution in [0.4, 0.5) is 5.69 Å². The van der Waals surface area contributed by atoms with Crippen molar-refractivity contribution in [2.45, 2.75) is 0 Å². The van der Waals surface area contributed by atoms with Crippen molar-refractivity contribution in [2.24, 2.45) is 0 Å². The monoisotopic (exact) mass is 316 g/mol. The van der Waals surface area contributed by atoms with Crippen molar-refractivity contribution >= 4 is 46.6 Å². The molecule has 21 heavy (non-hydrogen) atoms. The van der Waals surface area contributed by atoms with E-state index in [9.17, 15) is 4.79 Å². The molecule has 0 saturated carbocycles. The van der Waals surface area contributed by atoms with Crippen LogP contribution in [0, 0.1) is 0 Å². The lowest BCUT2D eigenvalue weighted by Gasteiger charge is -2.09. The summed E-state index contributed by atoms with van der Waals surface area (Å²) < 4.78 is 0. The number of hydrogen-bond donors (Lipinski definition) is 2. The molecule has 0 unspecified atom stereocenters. The second-order valence-electron chi connectivity index (χ2n) is 4.17. The van der Waals surface area contributed by atoms with Crippen LogP contribution in [-0.4, -0.2) is 11.0 Å². The summed E-state index contributed by atoms with van der Waals surface area (Å²) in [4.78, 5) is 11.7. The lowest BCUT2D eigenvalue weighted by molar-refractivity contribution is -0.115. The Kier molecular flexibility index (Phi) is 5.49. The van der Waals surface area contributed by atoms with Gasteiger partial charge in [0.25, 0.3) is 0 Å². The van der Waals surface area contributed by atoms with Gasteiger partial charge in [-0.25, -0.2) is 0 Å². The van der Waals surface area contributed by atoms with E-state index in [0.29, 0.717) is 10.7 Å². The lowest BCUT2D eigenvalue weighted by atomic mass is 10.2. The number of benzene rings is 2. The van der Waals surface area contributed by atoms with Gasteiger partial charge in [0.05, 0.1) is 10.7 Å². The van der Waals surface area contributed by atoms with Crippen molar-refractivity contribution in [3.05, 3.63) is 71.3 Å². The van der Waals surface area contributed by atoms with Gasteiger partial charge >= 0.3 is 0 Å². The molecule has 0 aromatic heterocycles. The Morgan fingerprint density at radius 2 is 1.71 bits per heavy atom. The molecule has 0 heterocycles. The van der Waals surface area contributed by atoms with Crippen LogP contribution in [0.15, 0.2) is 60.7 Å². The number of nitrogens with one attached hydrogen (secondary N) is 2. The highest BCUT2D eigenvalue weighted by atomic mass is 35.5. The van der Waals surface area contributed by atoms with Crippen molar-refractivity contribution in [3.63, 3.8) is 0 Å². The predicted octanol–water partition coefficient (Wildman–Crippen LogP) is 3.87. The number of para-hydroxylation sites is 1. The summed E-state index contributed by atoms with van der Waals surface area (Å²) >= 11 is 11.1. The van der Waals surface area contributed by atoms with Gasteiger partial charge < -0.3 is 5.32 Å². The fourth-order valence-corrected chi connectivity index (χ4v) is 2.00. The summed E-state index contributed by atoms with van der Waals surface area (Å²) in [6.07, 6.45) is 3.14. The van der Waals surface area contributed by atoms with Gasteiger partial charge in [-0.05, 0) is 36.0 Å². The van der Waals surface area contributed by atoms with Crippen molar-refractivity contribution in [1.82, 2.24) is 5.32 Å². The summed E-state index contributed by atoms with van der Waals surface area (Å²) in [5.74, 6) is -0.302.